The van der Waals surface area contributed by atoms with E-state index >= 15 is 0 Å². The number of nitrogens with zero attached hydrogens (tertiary/aromatic N) is 2. The van der Waals surface area contributed by atoms with Gasteiger partial charge in [0.1, 0.15) is 6.07 Å². The van der Waals surface area contributed by atoms with E-state index in [9.17, 15) is 0 Å². The van der Waals surface area contributed by atoms with Gasteiger partial charge in [-0.1, -0.05) is 19.8 Å². The Morgan fingerprint density at radius 1 is 1.38 bits per heavy atom. The highest BCUT2D eigenvalue weighted by Crippen LogP contribution is 2.12. The molecule has 0 atom stereocenters. The first-order chi connectivity index (χ1) is 6.27. The van der Waals surface area contributed by atoms with E-state index in [0.717, 1.165) is 12.0 Å². The Hall–Kier alpha value is -1.23. The molecule has 0 N–H and O–H groups in total. The van der Waals surface area contributed by atoms with Crippen LogP contribution in [0.1, 0.15) is 37.3 Å². The predicted molar refractivity (Wildman–Crippen MR) is 53.4 cm³/mol. The SMILES string of the molecule is CCCCCc1cn(C)cc1C#N. The van der Waals surface area contributed by atoms with Gasteiger partial charge in [-0.2, -0.15) is 5.26 Å². The van der Waals surface area contributed by atoms with Crippen LogP contribution in [-0.4, -0.2) is 4.57 Å². The predicted octanol–water partition coefficient (Wildman–Crippen LogP) is 2.63. The highest BCUT2D eigenvalue weighted by atomic mass is 14.9. The monoisotopic (exact) mass is 176 g/mol. The maximum atomic E-state index is 8.82. The quantitative estimate of drug-likeness (QED) is 0.648. The second kappa shape index (κ2) is 4.71. The summed E-state index contributed by atoms with van der Waals surface area (Å²) in [6.07, 6.45) is 8.65. The number of nitriles is 1. The third kappa shape index (κ3) is 2.62. The minimum Gasteiger partial charge on any atom is -0.356 e. The van der Waals surface area contributed by atoms with Crippen molar-refractivity contribution in [2.45, 2.75) is 32.6 Å². The molecule has 13 heavy (non-hydrogen) atoms. The fourth-order valence-corrected chi connectivity index (χ4v) is 1.50. The first-order valence-corrected chi connectivity index (χ1v) is 4.83. The standard InChI is InChI=1S/C11H16N2/c1-3-4-5-6-10-8-13(2)9-11(10)7-12/h8-9H,3-6H2,1-2H3. The zero-order chi connectivity index (χ0) is 9.68. The van der Waals surface area contributed by atoms with E-state index in [4.69, 9.17) is 5.26 Å². The number of hydrogen-bond acceptors (Lipinski definition) is 1. The fraction of sp³-hybridized carbons (Fsp3) is 0.545. The van der Waals surface area contributed by atoms with Crippen LogP contribution in [0, 0.1) is 11.3 Å². The van der Waals surface area contributed by atoms with Crippen LogP contribution in [0.25, 0.3) is 0 Å². The molecule has 0 saturated carbocycles. The van der Waals surface area contributed by atoms with Crippen LogP contribution in [0.3, 0.4) is 0 Å². The summed E-state index contributed by atoms with van der Waals surface area (Å²) in [5.41, 5.74) is 2.03. The molecule has 2 nitrogen and oxygen atoms in total. The summed E-state index contributed by atoms with van der Waals surface area (Å²) >= 11 is 0. The molecule has 1 aromatic rings. The van der Waals surface area contributed by atoms with Crippen LogP contribution >= 0.6 is 0 Å². The summed E-state index contributed by atoms with van der Waals surface area (Å²) in [7, 11) is 1.96. The molecule has 1 aromatic heterocycles. The zero-order valence-corrected chi connectivity index (χ0v) is 8.38. The lowest BCUT2D eigenvalue weighted by atomic mass is 10.1. The van der Waals surface area contributed by atoms with Crippen molar-refractivity contribution in [1.82, 2.24) is 4.57 Å². The van der Waals surface area contributed by atoms with Crippen LogP contribution in [-0.2, 0) is 13.5 Å². The van der Waals surface area contributed by atoms with Gasteiger partial charge in [0.2, 0.25) is 0 Å². The van der Waals surface area contributed by atoms with Crippen LogP contribution in [0.2, 0.25) is 0 Å². The Kier molecular flexibility index (Phi) is 3.57. The van der Waals surface area contributed by atoms with Gasteiger partial charge < -0.3 is 4.57 Å². The molecular weight excluding hydrogens is 160 g/mol. The van der Waals surface area contributed by atoms with Gasteiger partial charge in [0.25, 0.3) is 0 Å². The van der Waals surface area contributed by atoms with Crippen LogP contribution in [0.5, 0.6) is 0 Å². The van der Waals surface area contributed by atoms with E-state index in [1.54, 1.807) is 0 Å². The third-order valence-electron chi connectivity index (χ3n) is 2.21. The number of hydrogen-bond donors (Lipinski definition) is 0. The van der Waals surface area contributed by atoms with E-state index in [0.29, 0.717) is 0 Å². The van der Waals surface area contributed by atoms with Crippen molar-refractivity contribution in [3.63, 3.8) is 0 Å². The first kappa shape index (κ1) is 9.85. The van der Waals surface area contributed by atoms with Gasteiger partial charge in [0.05, 0.1) is 5.56 Å². The molecule has 0 aromatic carbocycles. The lowest BCUT2D eigenvalue weighted by Crippen LogP contribution is -1.85. The van der Waals surface area contributed by atoms with Gasteiger partial charge >= 0.3 is 0 Å². The topological polar surface area (TPSA) is 28.7 Å². The van der Waals surface area contributed by atoms with E-state index in [-0.39, 0.29) is 0 Å². The molecule has 0 saturated heterocycles. The Bertz CT molecular complexity index is 304. The van der Waals surface area contributed by atoms with Crippen molar-refractivity contribution in [3.8, 4) is 6.07 Å². The van der Waals surface area contributed by atoms with Crippen molar-refractivity contribution in [2.75, 3.05) is 0 Å². The van der Waals surface area contributed by atoms with Gasteiger partial charge in [-0.25, -0.2) is 0 Å². The Balaban J connectivity index is 2.60. The normalized spacial score (nSPS) is 9.92. The summed E-state index contributed by atoms with van der Waals surface area (Å²) in [6, 6.07) is 2.22. The maximum absolute atomic E-state index is 8.82. The first-order valence-electron chi connectivity index (χ1n) is 4.83. The second-order valence-corrected chi connectivity index (χ2v) is 3.43. The minimum atomic E-state index is 0.832. The molecule has 1 rings (SSSR count). The van der Waals surface area contributed by atoms with Crippen molar-refractivity contribution >= 4 is 0 Å². The molecule has 0 bridgehead atoms. The number of unbranched alkanes of at least 4 members (excludes halogenated alkanes) is 2. The Morgan fingerprint density at radius 3 is 2.77 bits per heavy atom. The molecule has 0 fully saturated rings. The molecule has 2 heteroatoms. The zero-order valence-electron chi connectivity index (χ0n) is 8.38. The van der Waals surface area contributed by atoms with Crippen molar-refractivity contribution < 1.29 is 0 Å². The molecule has 70 valence electrons. The highest BCUT2D eigenvalue weighted by molar-refractivity contribution is 5.35. The Morgan fingerprint density at radius 2 is 2.15 bits per heavy atom. The highest BCUT2D eigenvalue weighted by Gasteiger charge is 2.03. The van der Waals surface area contributed by atoms with E-state index < -0.39 is 0 Å². The van der Waals surface area contributed by atoms with E-state index in [1.807, 2.05) is 24.0 Å². The smallest absolute Gasteiger partial charge is 0.101 e. The fourth-order valence-electron chi connectivity index (χ4n) is 1.50. The van der Waals surface area contributed by atoms with Gasteiger partial charge in [-0.3, -0.25) is 0 Å². The van der Waals surface area contributed by atoms with E-state index in [1.165, 1.54) is 24.8 Å². The average molecular weight is 176 g/mol. The summed E-state index contributed by atoms with van der Waals surface area (Å²) in [5.74, 6) is 0. The molecule has 0 unspecified atom stereocenters. The van der Waals surface area contributed by atoms with Crippen LogP contribution in [0.15, 0.2) is 12.4 Å². The molecule has 0 aliphatic carbocycles. The molecule has 0 radical (unpaired) electrons. The van der Waals surface area contributed by atoms with Crippen molar-refractivity contribution in [3.05, 3.63) is 23.5 Å². The molecule has 0 amide bonds. The van der Waals surface area contributed by atoms with Gasteiger partial charge in [0, 0.05) is 19.4 Å². The summed E-state index contributed by atoms with van der Waals surface area (Å²) in [5, 5.41) is 8.82. The minimum absolute atomic E-state index is 0.832. The summed E-state index contributed by atoms with van der Waals surface area (Å²) in [4.78, 5) is 0. The van der Waals surface area contributed by atoms with E-state index in [2.05, 4.69) is 13.0 Å². The van der Waals surface area contributed by atoms with Crippen LogP contribution in [0.4, 0.5) is 0 Å². The molecule has 0 spiro atoms. The van der Waals surface area contributed by atoms with Gasteiger partial charge in [0.15, 0.2) is 0 Å². The van der Waals surface area contributed by atoms with Crippen molar-refractivity contribution in [1.29, 1.82) is 5.26 Å². The average Bonchev–Trinajstić information content (AvgIpc) is 2.47. The maximum Gasteiger partial charge on any atom is 0.101 e. The second-order valence-electron chi connectivity index (χ2n) is 3.43. The molecule has 1 heterocycles. The molecule has 0 aliphatic heterocycles. The lowest BCUT2D eigenvalue weighted by molar-refractivity contribution is 0.716. The van der Waals surface area contributed by atoms with Gasteiger partial charge in [-0.15, -0.1) is 0 Å². The Labute approximate surface area is 79.8 Å². The van der Waals surface area contributed by atoms with Gasteiger partial charge in [-0.05, 0) is 18.4 Å². The number of aryl methyl sites for hydroxylation is 2. The van der Waals surface area contributed by atoms with Crippen LogP contribution < -0.4 is 0 Å². The lowest BCUT2D eigenvalue weighted by Gasteiger charge is -1.96. The molecular formula is C11H16N2. The number of aromatic nitrogens is 1. The summed E-state index contributed by atoms with van der Waals surface area (Å²) < 4.78 is 1.96. The summed E-state index contributed by atoms with van der Waals surface area (Å²) in [6.45, 7) is 2.19. The number of rotatable bonds is 4. The third-order valence-corrected chi connectivity index (χ3v) is 2.21. The largest absolute Gasteiger partial charge is 0.356 e. The van der Waals surface area contributed by atoms with Crippen molar-refractivity contribution in [2.24, 2.45) is 7.05 Å². The molecule has 0 aliphatic rings.